The van der Waals surface area contributed by atoms with Crippen LogP contribution in [0.3, 0.4) is 0 Å². The topological polar surface area (TPSA) is 83.8 Å². The van der Waals surface area contributed by atoms with E-state index in [4.69, 9.17) is 14.9 Å². The number of rotatable bonds is 4. The summed E-state index contributed by atoms with van der Waals surface area (Å²) in [6.07, 6.45) is 2.37. The molecule has 0 bridgehead atoms. The van der Waals surface area contributed by atoms with Crippen molar-refractivity contribution in [3.05, 3.63) is 0 Å². The third-order valence-corrected chi connectivity index (χ3v) is 2.47. The molecule has 1 saturated carbocycles. The lowest BCUT2D eigenvalue weighted by molar-refractivity contribution is -0.148. The molecule has 0 aromatic heterocycles. The number of carbonyl (C=O) groups is 2. The van der Waals surface area contributed by atoms with Crippen molar-refractivity contribution in [1.29, 1.82) is 0 Å². The van der Waals surface area contributed by atoms with Crippen molar-refractivity contribution >= 4 is 11.9 Å². The summed E-state index contributed by atoms with van der Waals surface area (Å²) in [5.41, 5.74) is 0. The molecule has 80 valence electrons. The third-order valence-electron chi connectivity index (χ3n) is 2.47. The maximum Gasteiger partial charge on any atom is 0.329 e. The lowest BCUT2D eigenvalue weighted by atomic mass is 9.87. The van der Waals surface area contributed by atoms with E-state index in [1.54, 1.807) is 0 Å². The first kappa shape index (κ1) is 11.0. The Morgan fingerprint density at radius 3 is 2.14 bits per heavy atom. The number of hydrogen-bond acceptors (Lipinski definition) is 3. The van der Waals surface area contributed by atoms with Crippen molar-refractivity contribution in [2.75, 3.05) is 6.61 Å². The van der Waals surface area contributed by atoms with Gasteiger partial charge in [0.15, 0.2) is 0 Å². The Morgan fingerprint density at radius 2 is 1.71 bits per heavy atom. The van der Waals surface area contributed by atoms with E-state index in [-0.39, 0.29) is 18.6 Å². The standard InChI is InChI=1S/C9H14O5/c10-8(11)5-14-7-3-1-6(2-4-7)9(12)13/h6-7H,1-5H2,(H,10,11)(H,12,13). The molecular weight excluding hydrogens is 188 g/mol. The van der Waals surface area contributed by atoms with E-state index >= 15 is 0 Å². The van der Waals surface area contributed by atoms with Gasteiger partial charge in [0, 0.05) is 0 Å². The van der Waals surface area contributed by atoms with Gasteiger partial charge in [-0.15, -0.1) is 0 Å². The van der Waals surface area contributed by atoms with E-state index in [2.05, 4.69) is 0 Å². The Kier molecular flexibility index (Phi) is 3.88. The highest BCUT2D eigenvalue weighted by Gasteiger charge is 2.26. The number of hydrogen-bond donors (Lipinski definition) is 2. The lowest BCUT2D eigenvalue weighted by Gasteiger charge is -2.25. The fourth-order valence-corrected chi connectivity index (χ4v) is 1.67. The first-order valence-electron chi connectivity index (χ1n) is 4.66. The largest absolute Gasteiger partial charge is 0.481 e. The second kappa shape index (κ2) is 4.95. The molecule has 0 spiro atoms. The molecule has 0 aliphatic heterocycles. The summed E-state index contributed by atoms with van der Waals surface area (Å²) >= 11 is 0. The van der Waals surface area contributed by atoms with Crippen LogP contribution in [0.5, 0.6) is 0 Å². The second-order valence-corrected chi connectivity index (χ2v) is 3.52. The SMILES string of the molecule is O=C(O)COC1CCC(C(=O)O)CC1. The highest BCUT2D eigenvalue weighted by atomic mass is 16.5. The van der Waals surface area contributed by atoms with Crippen molar-refractivity contribution in [3.8, 4) is 0 Å². The van der Waals surface area contributed by atoms with Crippen molar-refractivity contribution in [1.82, 2.24) is 0 Å². The summed E-state index contributed by atoms with van der Waals surface area (Å²) in [5, 5.41) is 17.1. The van der Waals surface area contributed by atoms with Crippen LogP contribution >= 0.6 is 0 Å². The van der Waals surface area contributed by atoms with Crippen LogP contribution in [-0.2, 0) is 14.3 Å². The molecule has 0 heterocycles. The van der Waals surface area contributed by atoms with E-state index < -0.39 is 11.9 Å². The minimum absolute atomic E-state index is 0.0818. The van der Waals surface area contributed by atoms with Gasteiger partial charge in [-0.3, -0.25) is 4.79 Å². The fraction of sp³-hybridized carbons (Fsp3) is 0.778. The molecule has 2 N–H and O–H groups in total. The Morgan fingerprint density at radius 1 is 1.14 bits per heavy atom. The molecule has 1 rings (SSSR count). The van der Waals surface area contributed by atoms with Crippen LogP contribution < -0.4 is 0 Å². The van der Waals surface area contributed by atoms with Crippen LogP contribution in [0.1, 0.15) is 25.7 Å². The summed E-state index contributed by atoms with van der Waals surface area (Å²) in [4.78, 5) is 20.8. The first-order chi connectivity index (χ1) is 6.59. The summed E-state index contributed by atoms with van der Waals surface area (Å²) in [6, 6.07) is 0. The highest BCUT2D eigenvalue weighted by Crippen LogP contribution is 2.26. The normalized spacial score (nSPS) is 27.1. The predicted octanol–water partition coefficient (Wildman–Crippen LogP) is 0.731. The van der Waals surface area contributed by atoms with E-state index in [9.17, 15) is 9.59 Å². The van der Waals surface area contributed by atoms with Crippen molar-refractivity contribution in [3.63, 3.8) is 0 Å². The monoisotopic (exact) mass is 202 g/mol. The molecule has 0 saturated heterocycles. The van der Waals surface area contributed by atoms with Crippen LogP contribution in [0.2, 0.25) is 0 Å². The average molecular weight is 202 g/mol. The van der Waals surface area contributed by atoms with Gasteiger partial charge in [0.05, 0.1) is 12.0 Å². The minimum Gasteiger partial charge on any atom is -0.481 e. The van der Waals surface area contributed by atoms with Gasteiger partial charge >= 0.3 is 11.9 Å². The molecule has 5 nitrogen and oxygen atoms in total. The number of carboxylic acids is 2. The minimum atomic E-state index is -0.981. The molecule has 5 heteroatoms. The maximum atomic E-state index is 10.6. The summed E-state index contributed by atoms with van der Waals surface area (Å²) in [7, 11) is 0. The fourth-order valence-electron chi connectivity index (χ4n) is 1.67. The van der Waals surface area contributed by atoms with Gasteiger partial charge in [-0.05, 0) is 25.7 Å². The van der Waals surface area contributed by atoms with Gasteiger partial charge in [-0.1, -0.05) is 0 Å². The molecule has 1 aliphatic carbocycles. The van der Waals surface area contributed by atoms with Crippen LogP contribution in [-0.4, -0.2) is 34.9 Å². The maximum absolute atomic E-state index is 10.6. The predicted molar refractivity (Wildman–Crippen MR) is 47.0 cm³/mol. The number of carboxylic acid groups (broad SMARTS) is 2. The molecule has 1 aliphatic rings. The molecule has 0 aromatic carbocycles. The first-order valence-corrected chi connectivity index (χ1v) is 4.66. The van der Waals surface area contributed by atoms with Crippen molar-refractivity contribution in [2.45, 2.75) is 31.8 Å². The number of aliphatic carboxylic acids is 2. The third kappa shape index (κ3) is 3.33. The lowest BCUT2D eigenvalue weighted by Crippen LogP contribution is -2.27. The molecular formula is C9H14O5. The van der Waals surface area contributed by atoms with Gasteiger partial charge in [-0.2, -0.15) is 0 Å². The smallest absolute Gasteiger partial charge is 0.329 e. The van der Waals surface area contributed by atoms with Gasteiger partial charge < -0.3 is 14.9 Å². The zero-order valence-corrected chi connectivity index (χ0v) is 7.81. The highest BCUT2D eigenvalue weighted by molar-refractivity contribution is 5.70. The van der Waals surface area contributed by atoms with Crippen LogP contribution in [0.25, 0.3) is 0 Å². The number of ether oxygens (including phenoxy) is 1. The van der Waals surface area contributed by atoms with Crippen LogP contribution in [0.4, 0.5) is 0 Å². The van der Waals surface area contributed by atoms with Crippen molar-refractivity contribution in [2.24, 2.45) is 5.92 Å². The van der Waals surface area contributed by atoms with Crippen LogP contribution in [0.15, 0.2) is 0 Å². The Hall–Kier alpha value is -1.10. The second-order valence-electron chi connectivity index (χ2n) is 3.52. The van der Waals surface area contributed by atoms with Crippen LogP contribution in [0, 0.1) is 5.92 Å². The molecule has 1 fully saturated rings. The van der Waals surface area contributed by atoms with E-state index in [0.29, 0.717) is 25.7 Å². The summed E-state index contributed by atoms with van der Waals surface area (Å²) in [6.45, 7) is -0.289. The zero-order chi connectivity index (χ0) is 10.6. The molecule has 14 heavy (non-hydrogen) atoms. The van der Waals surface area contributed by atoms with Gasteiger partial charge in [-0.25, -0.2) is 4.79 Å². The molecule has 0 unspecified atom stereocenters. The summed E-state index contributed by atoms with van der Waals surface area (Å²) < 4.78 is 5.08. The van der Waals surface area contributed by atoms with Crippen molar-refractivity contribution < 1.29 is 24.5 Å². The Bertz CT molecular complexity index is 217. The van der Waals surface area contributed by atoms with Gasteiger partial charge in [0.25, 0.3) is 0 Å². The molecule has 0 amide bonds. The molecule has 0 atom stereocenters. The zero-order valence-electron chi connectivity index (χ0n) is 7.81. The quantitative estimate of drug-likeness (QED) is 0.702. The van der Waals surface area contributed by atoms with Gasteiger partial charge in [0.1, 0.15) is 6.61 Å². The summed E-state index contributed by atoms with van der Waals surface area (Å²) in [5.74, 6) is -2.02. The van der Waals surface area contributed by atoms with Gasteiger partial charge in [0.2, 0.25) is 0 Å². The Balaban J connectivity index is 2.22. The molecule has 0 aromatic rings. The Labute approximate surface area is 81.7 Å². The van der Waals surface area contributed by atoms with E-state index in [1.807, 2.05) is 0 Å². The van der Waals surface area contributed by atoms with E-state index in [1.165, 1.54) is 0 Å². The molecule has 0 radical (unpaired) electrons. The average Bonchev–Trinajstić information content (AvgIpc) is 2.15. The van der Waals surface area contributed by atoms with E-state index in [0.717, 1.165) is 0 Å².